The predicted octanol–water partition coefficient (Wildman–Crippen LogP) is 2.06. The predicted molar refractivity (Wildman–Crippen MR) is 297 cm³/mol. The Balaban J connectivity index is 0.973. The number of nitrogens with one attached hydrogen (secondary N) is 4. The van der Waals surface area contributed by atoms with Crippen LogP contribution in [0.5, 0.6) is 11.5 Å². The number of rotatable bonds is 34. The minimum absolute atomic E-state index is 0.000576. The number of carbonyl (C=O) groups is 6. The largest absolute Gasteiger partial charge is 0.491 e. The standard InChI is InChI=1S/C49H66Cl2N16O14/c50-36-40(54)64-38(52)34(62-36)42(68)66-46(56)58-18-3-1-6-28-10-14-30(15-11-28)78-24-20-76-22-26-80-48(74)60-32(44(70)71)8-5-9-33(45(72)73)61-49(75)81-27-23-77-21-25-79-31-16-12-29(13-17-31)7-2-4-19-59-47(57)67-43(69)35-39(53)65-41(55)37(51)63-35/h10-17,32-33H,1-9,18-27H2,(H,60,74)(H,61,75)(H,70,71)(H,72,73)(H4,52,54,64)(H4,53,55,65)(H3,56,58,66,68)(H3,57,59,67,69). The highest BCUT2D eigenvalue weighted by molar-refractivity contribution is 6.32. The molecule has 2 unspecified atom stereocenters. The van der Waals surface area contributed by atoms with Gasteiger partial charge in [0.1, 0.15) is 50.0 Å². The number of aromatic nitrogens is 4. The second kappa shape index (κ2) is 35.0. The number of aliphatic imine (C=N–C) groups is 2. The third-order valence-electron chi connectivity index (χ3n) is 11.0. The molecule has 0 aliphatic carbocycles. The number of benzene rings is 2. The molecule has 4 amide bonds. The monoisotopic (exact) mass is 1170 g/mol. The number of alkyl carbamates (subject to hydrolysis) is 2. The summed E-state index contributed by atoms with van der Waals surface area (Å²) in [5, 5.41) is 28.1. The molecule has 4 rings (SSSR count). The zero-order chi connectivity index (χ0) is 59.1. The Morgan fingerprint density at radius 2 is 0.877 bits per heavy atom. The van der Waals surface area contributed by atoms with Gasteiger partial charge in [-0.2, -0.15) is 0 Å². The van der Waals surface area contributed by atoms with Crippen molar-refractivity contribution in [2.24, 2.45) is 21.5 Å². The van der Waals surface area contributed by atoms with Crippen molar-refractivity contribution in [1.82, 2.24) is 41.2 Å². The number of hydrogen-bond donors (Lipinski definition) is 12. The first-order chi connectivity index (χ1) is 38.8. The number of ether oxygens (including phenoxy) is 6. The molecule has 0 saturated heterocycles. The van der Waals surface area contributed by atoms with Crippen LogP contribution in [0.1, 0.15) is 77.0 Å². The van der Waals surface area contributed by atoms with Crippen LogP contribution in [0.25, 0.3) is 0 Å². The van der Waals surface area contributed by atoms with Crippen molar-refractivity contribution in [2.75, 3.05) is 88.9 Å². The van der Waals surface area contributed by atoms with Gasteiger partial charge in [-0.3, -0.25) is 30.2 Å². The van der Waals surface area contributed by atoms with E-state index in [9.17, 15) is 39.0 Å². The molecule has 0 aliphatic rings. The van der Waals surface area contributed by atoms with Crippen LogP contribution in [0.4, 0.5) is 32.9 Å². The average molecular weight is 1170 g/mol. The number of aliphatic carboxylic acids is 2. The lowest BCUT2D eigenvalue weighted by atomic mass is 10.1. The van der Waals surface area contributed by atoms with Crippen LogP contribution in [0.2, 0.25) is 10.3 Å². The summed E-state index contributed by atoms with van der Waals surface area (Å²) in [6, 6.07) is 12.1. The number of anilines is 4. The molecule has 2 aromatic carbocycles. The highest BCUT2D eigenvalue weighted by Gasteiger charge is 2.25. The first kappa shape index (κ1) is 64.8. The van der Waals surface area contributed by atoms with Crippen LogP contribution in [-0.4, -0.2) is 156 Å². The molecule has 0 radical (unpaired) electrons. The van der Waals surface area contributed by atoms with Crippen LogP contribution in [0.3, 0.4) is 0 Å². The van der Waals surface area contributed by atoms with Gasteiger partial charge >= 0.3 is 24.1 Å². The van der Waals surface area contributed by atoms with Crippen molar-refractivity contribution in [3.63, 3.8) is 0 Å². The first-order valence-electron chi connectivity index (χ1n) is 25.1. The molecule has 0 spiro atoms. The van der Waals surface area contributed by atoms with Gasteiger partial charge in [0.25, 0.3) is 11.8 Å². The van der Waals surface area contributed by atoms with Gasteiger partial charge in [0, 0.05) is 13.1 Å². The fraction of sp³-hybridized carbons (Fsp3) is 0.429. The highest BCUT2D eigenvalue weighted by Crippen LogP contribution is 2.19. The summed E-state index contributed by atoms with van der Waals surface area (Å²) in [6.07, 6.45) is 2.11. The molecule has 30 nitrogen and oxygen atoms in total. The van der Waals surface area contributed by atoms with E-state index in [2.05, 4.69) is 51.2 Å². The number of amides is 4. The van der Waals surface area contributed by atoms with Crippen molar-refractivity contribution in [2.45, 2.75) is 69.9 Å². The van der Waals surface area contributed by atoms with Gasteiger partial charge in [0.05, 0.1) is 26.4 Å². The summed E-state index contributed by atoms with van der Waals surface area (Å²) in [4.78, 5) is 96.4. The molecular formula is C49H66Cl2N16O14. The van der Waals surface area contributed by atoms with E-state index < -0.39 is 48.0 Å². The fourth-order valence-corrected chi connectivity index (χ4v) is 7.12. The molecule has 2 atom stereocenters. The van der Waals surface area contributed by atoms with Crippen LogP contribution < -0.4 is 65.1 Å². The Kier molecular flexibility index (Phi) is 28.0. The Morgan fingerprint density at radius 3 is 1.25 bits per heavy atom. The van der Waals surface area contributed by atoms with Crippen LogP contribution >= 0.6 is 23.2 Å². The number of nitrogen functional groups attached to an aromatic ring is 4. The SMILES string of the molecule is NC(=NCCCCc1ccc(OCCOCCOC(=O)NC(CCCC(NC(=O)OCCOCCOc2ccc(CCCCN=C(N)NC(=O)c3nc(Cl)c(N)nc3N)cc2)C(=O)O)C(=O)O)cc1)NC(=O)c1nc(Cl)c(N)nc1N. The number of hydrogen-bond acceptors (Lipinski definition) is 22. The maximum absolute atomic E-state index is 12.4. The molecular weight excluding hydrogens is 1110 g/mol. The number of unbranched alkanes of at least 4 members (excludes halogenated alkanes) is 2. The lowest BCUT2D eigenvalue weighted by molar-refractivity contribution is -0.139. The molecule has 0 aliphatic heterocycles. The van der Waals surface area contributed by atoms with Gasteiger partial charge in [0.2, 0.25) is 0 Å². The Morgan fingerprint density at radius 1 is 0.506 bits per heavy atom. The smallest absolute Gasteiger partial charge is 0.407 e. The van der Waals surface area contributed by atoms with E-state index in [1.165, 1.54) is 0 Å². The number of guanidine groups is 2. The van der Waals surface area contributed by atoms with Crippen LogP contribution in [0, 0.1) is 0 Å². The maximum atomic E-state index is 12.4. The van der Waals surface area contributed by atoms with Crippen molar-refractivity contribution in [1.29, 1.82) is 0 Å². The molecule has 32 heteroatoms. The molecule has 0 saturated carbocycles. The summed E-state index contributed by atoms with van der Waals surface area (Å²) >= 11 is 11.6. The molecule has 18 N–H and O–H groups in total. The third-order valence-corrected chi connectivity index (χ3v) is 11.5. The van der Waals surface area contributed by atoms with Crippen molar-refractivity contribution in [3.05, 3.63) is 81.4 Å². The van der Waals surface area contributed by atoms with Gasteiger partial charge in [-0.05, 0) is 93.2 Å². The van der Waals surface area contributed by atoms with E-state index in [-0.39, 0.29) is 129 Å². The molecule has 2 heterocycles. The highest BCUT2D eigenvalue weighted by atomic mass is 35.5. The van der Waals surface area contributed by atoms with E-state index in [1.807, 2.05) is 48.5 Å². The zero-order valence-corrected chi connectivity index (χ0v) is 45.4. The molecule has 440 valence electrons. The third kappa shape index (κ3) is 24.9. The van der Waals surface area contributed by atoms with E-state index in [4.69, 9.17) is 86.0 Å². The minimum atomic E-state index is -1.40. The number of halogens is 2. The van der Waals surface area contributed by atoms with Crippen LogP contribution in [0.15, 0.2) is 58.5 Å². The Hall–Kier alpha value is -8.74. The minimum Gasteiger partial charge on any atom is -0.491 e. The van der Waals surface area contributed by atoms with Crippen LogP contribution in [-0.2, 0) is 41.4 Å². The van der Waals surface area contributed by atoms with Gasteiger partial charge < -0.3 is 83.7 Å². The topological polar surface area (TPSA) is 479 Å². The lowest BCUT2D eigenvalue weighted by Gasteiger charge is -2.17. The van der Waals surface area contributed by atoms with Crippen molar-refractivity contribution < 1.29 is 67.4 Å². The molecule has 81 heavy (non-hydrogen) atoms. The lowest BCUT2D eigenvalue weighted by Crippen LogP contribution is -2.43. The summed E-state index contributed by atoms with van der Waals surface area (Å²) in [5.41, 5.74) is 35.7. The number of nitrogens with two attached hydrogens (primary N) is 6. The average Bonchev–Trinajstić information content (AvgIpc) is 3.44. The zero-order valence-electron chi connectivity index (χ0n) is 43.9. The Labute approximate surface area is 474 Å². The summed E-state index contributed by atoms with van der Waals surface area (Å²) < 4.78 is 32.3. The number of carboxylic acid groups (broad SMARTS) is 2. The Bertz CT molecular complexity index is 2600. The fourth-order valence-electron chi connectivity index (χ4n) is 6.87. The number of carbonyl (C=O) groups excluding carboxylic acids is 4. The number of carboxylic acids is 2. The summed E-state index contributed by atoms with van der Waals surface area (Å²) in [7, 11) is 0. The molecule has 0 bridgehead atoms. The summed E-state index contributed by atoms with van der Waals surface area (Å²) in [6.45, 7) is 1.10. The van der Waals surface area contributed by atoms with Crippen molar-refractivity contribution in [3.8, 4) is 11.5 Å². The van der Waals surface area contributed by atoms with E-state index >= 15 is 0 Å². The van der Waals surface area contributed by atoms with Gasteiger partial charge in [-0.15, -0.1) is 0 Å². The molecule has 4 aromatic rings. The van der Waals surface area contributed by atoms with Crippen molar-refractivity contribution >= 4 is 94.3 Å². The second-order valence-corrected chi connectivity index (χ2v) is 17.8. The van der Waals surface area contributed by atoms with E-state index in [0.717, 1.165) is 36.8 Å². The van der Waals surface area contributed by atoms with Gasteiger partial charge in [0.15, 0.2) is 56.9 Å². The number of nitrogens with zero attached hydrogens (tertiary/aromatic N) is 6. The number of aryl methyl sites for hydroxylation is 2. The second-order valence-electron chi connectivity index (χ2n) is 17.1. The maximum Gasteiger partial charge on any atom is 0.407 e. The van der Waals surface area contributed by atoms with E-state index in [1.54, 1.807) is 0 Å². The summed E-state index contributed by atoms with van der Waals surface area (Å²) in [5.74, 6) is -3.79. The first-order valence-corrected chi connectivity index (χ1v) is 25.9. The quantitative estimate of drug-likeness (QED) is 0.0181. The molecule has 0 fully saturated rings. The van der Waals surface area contributed by atoms with E-state index in [0.29, 0.717) is 37.4 Å². The van der Waals surface area contributed by atoms with Gasteiger partial charge in [-0.1, -0.05) is 47.5 Å². The normalized spacial score (nSPS) is 12.1. The van der Waals surface area contributed by atoms with Gasteiger partial charge in [-0.25, -0.2) is 39.1 Å². The molecule has 2 aromatic heterocycles.